The third-order valence-electron chi connectivity index (χ3n) is 5.68. The van der Waals surface area contributed by atoms with Crippen LogP contribution >= 0.6 is 0 Å². The second-order valence-electron chi connectivity index (χ2n) is 7.83. The van der Waals surface area contributed by atoms with Crippen LogP contribution in [0, 0.1) is 6.92 Å². The first-order valence-electron chi connectivity index (χ1n) is 10.6. The van der Waals surface area contributed by atoms with Gasteiger partial charge in [0.15, 0.2) is 0 Å². The molecule has 32 heavy (non-hydrogen) atoms. The summed E-state index contributed by atoms with van der Waals surface area (Å²) in [5.41, 5.74) is 3.72. The first-order chi connectivity index (χ1) is 15.5. The summed E-state index contributed by atoms with van der Waals surface area (Å²) in [6, 6.07) is 16.5. The molecule has 0 saturated carbocycles. The molecule has 1 aliphatic carbocycles. The zero-order valence-electron chi connectivity index (χ0n) is 18.2. The number of hydrogen-bond donors (Lipinski definition) is 2. The molecule has 0 spiro atoms. The molecule has 1 aromatic heterocycles. The van der Waals surface area contributed by atoms with E-state index in [2.05, 4.69) is 10.6 Å². The van der Waals surface area contributed by atoms with E-state index >= 15 is 0 Å². The van der Waals surface area contributed by atoms with E-state index in [9.17, 15) is 9.59 Å². The van der Waals surface area contributed by atoms with Crippen molar-refractivity contribution < 1.29 is 18.7 Å². The minimum atomic E-state index is -0.364. The number of methoxy groups -OCH3 is 1. The molecule has 0 bridgehead atoms. The first-order valence-corrected chi connectivity index (χ1v) is 10.6. The monoisotopic (exact) mass is 430 g/mol. The average molecular weight is 431 g/mol. The summed E-state index contributed by atoms with van der Waals surface area (Å²) >= 11 is 0. The summed E-state index contributed by atoms with van der Waals surface area (Å²) in [6.07, 6.45) is 5.79. The number of carbonyl (C=O) groups is 2. The van der Waals surface area contributed by atoms with E-state index in [-0.39, 0.29) is 23.6 Å². The number of furan rings is 1. The Bertz CT molecular complexity index is 1150. The Hall–Kier alpha value is -3.80. The number of carbonyl (C=O) groups excluding carboxylic acids is 2. The predicted octanol–water partition coefficient (Wildman–Crippen LogP) is 4.56. The Balaban J connectivity index is 1.58. The van der Waals surface area contributed by atoms with E-state index in [0.717, 1.165) is 36.1 Å². The van der Waals surface area contributed by atoms with E-state index < -0.39 is 0 Å². The SMILES string of the molecule is COc1ccc2c(c1)CCCC2NC(=O)/C(=C/c1ccco1)NC(=O)c1ccccc1C. The number of hydrogen-bond acceptors (Lipinski definition) is 4. The van der Waals surface area contributed by atoms with Gasteiger partial charge in [0.25, 0.3) is 11.8 Å². The topological polar surface area (TPSA) is 80.6 Å². The Morgan fingerprint density at radius 1 is 1.12 bits per heavy atom. The number of aryl methyl sites for hydroxylation is 2. The van der Waals surface area contributed by atoms with E-state index in [1.165, 1.54) is 11.8 Å². The van der Waals surface area contributed by atoms with Crippen LogP contribution in [0.2, 0.25) is 0 Å². The molecular formula is C26H26N2O4. The summed E-state index contributed by atoms with van der Waals surface area (Å²) in [4.78, 5) is 26.2. The van der Waals surface area contributed by atoms with Gasteiger partial charge in [-0.25, -0.2) is 0 Å². The summed E-state index contributed by atoms with van der Waals surface area (Å²) in [7, 11) is 1.65. The van der Waals surface area contributed by atoms with Crippen molar-refractivity contribution in [2.24, 2.45) is 0 Å². The Kier molecular flexibility index (Phi) is 6.40. The van der Waals surface area contributed by atoms with Crippen molar-refractivity contribution in [3.05, 3.63) is 94.6 Å². The average Bonchev–Trinajstić information content (AvgIpc) is 3.32. The molecule has 2 amide bonds. The van der Waals surface area contributed by atoms with Crippen LogP contribution in [0.25, 0.3) is 6.08 Å². The van der Waals surface area contributed by atoms with Crippen LogP contribution in [0.1, 0.15) is 51.7 Å². The summed E-state index contributed by atoms with van der Waals surface area (Å²) in [5, 5.41) is 5.87. The minimum Gasteiger partial charge on any atom is -0.497 e. The number of amides is 2. The van der Waals surface area contributed by atoms with Gasteiger partial charge in [0.05, 0.1) is 19.4 Å². The molecule has 0 fully saturated rings. The van der Waals surface area contributed by atoms with Crippen LogP contribution in [0.4, 0.5) is 0 Å². The molecule has 1 heterocycles. The number of ether oxygens (including phenoxy) is 1. The molecule has 6 heteroatoms. The van der Waals surface area contributed by atoms with Crippen molar-refractivity contribution in [3.8, 4) is 5.75 Å². The first kappa shape index (κ1) is 21.4. The molecule has 0 aliphatic heterocycles. The lowest BCUT2D eigenvalue weighted by Gasteiger charge is -2.27. The van der Waals surface area contributed by atoms with Crippen LogP contribution < -0.4 is 15.4 Å². The summed E-state index contributed by atoms with van der Waals surface area (Å²) in [6.45, 7) is 1.86. The molecule has 4 rings (SSSR count). The fourth-order valence-corrected chi connectivity index (χ4v) is 3.99. The van der Waals surface area contributed by atoms with Crippen molar-refractivity contribution in [2.75, 3.05) is 7.11 Å². The lowest BCUT2D eigenvalue weighted by Crippen LogP contribution is -2.38. The third-order valence-corrected chi connectivity index (χ3v) is 5.68. The van der Waals surface area contributed by atoms with Gasteiger partial charge in [0.2, 0.25) is 0 Å². The third kappa shape index (κ3) is 4.75. The van der Waals surface area contributed by atoms with E-state index in [1.54, 1.807) is 37.5 Å². The smallest absolute Gasteiger partial charge is 0.268 e. The molecule has 1 atom stereocenters. The normalized spacial score (nSPS) is 15.6. The van der Waals surface area contributed by atoms with Crippen molar-refractivity contribution >= 4 is 17.9 Å². The van der Waals surface area contributed by atoms with Gasteiger partial charge >= 0.3 is 0 Å². The predicted molar refractivity (Wildman–Crippen MR) is 122 cm³/mol. The highest BCUT2D eigenvalue weighted by Crippen LogP contribution is 2.32. The molecule has 0 radical (unpaired) electrons. The van der Waals surface area contributed by atoms with Crippen molar-refractivity contribution in [3.63, 3.8) is 0 Å². The van der Waals surface area contributed by atoms with Gasteiger partial charge in [-0.2, -0.15) is 0 Å². The number of nitrogens with one attached hydrogen (secondary N) is 2. The fraction of sp³-hybridized carbons (Fsp3) is 0.231. The van der Waals surface area contributed by atoms with E-state index in [0.29, 0.717) is 11.3 Å². The van der Waals surface area contributed by atoms with Crippen LogP contribution in [0.5, 0.6) is 5.75 Å². The molecule has 0 saturated heterocycles. The Labute approximate surface area is 187 Å². The van der Waals surface area contributed by atoms with Gasteiger partial charge in [-0.15, -0.1) is 0 Å². The largest absolute Gasteiger partial charge is 0.497 e. The van der Waals surface area contributed by atoms with Crippen LogP contribution in [-0.4, -0.2) is 18.9 Å². The Morgan fingerprint density at radius 2 is 1.97 bits per heavy atom. The van der Waals surface area contributed by atoms with Gasteiger partial charge in [-0.1, -0.05) is 24.3 Å². The molecule has 2 aromatic carbocycles. The lowest BCUT2D eigenvalue weighted by molar-refractivity contribution is -0.118. The molecule has 1 aliphatic rings. The van der Waals surface area contributed by atoms with Gasteiger partial charge in [-0.3, -0.25) is 9.59 Å². The highest BCUT2D eigenvalue weighted by Gasteiger charge is 2.25. The van der Waals surface area contributed by atoms with Crippen molar-refractivity contribution in [1.82, 2.24) is 10.6 Å². The molecule has 3 aromatic rings. The molecule has 1 unspecified atom stereocenters. The maximum Gasteiger partial charge on any atom is 0.268 e. The highest BCUT2D eigenvalue weighted by molar-refractivity contribution is 6.05. The van der Waals surface area contributed by atoms with Crippen molar-refractivity contribution in [1.29, 1.82) is 0 Å². The standard InChI is InChI=1S/C26H26N2O4/c1-17-7-3-4-10-21(17)25(29)28-24(16-20-9-6-14-32-20)26(30)27-23-11-5-8-18-15-19(31-2)12-13-22(18)23/h3-4,6-7,9-10,12-16,23H,5,8,11H2,1-2H3,(H,27,30)(H,28,29)/b24-16-. The Morgan fingerprint density at radius 3 is 2.72 bits per heavy atom. The second kappa shape index (κ2) is 9.56. The zero-order valence-corrected chi connectivity index (χ0v) is 18.2. The minimum absolute atomic E-state index is 0.133. The highest BCUT2D eigenvalue weighted by atomic mass is 16.5. The summed E-state index contributed by atoms with van der Waals surface area (Å²) in [5.74, 6) is 0.579. The van der Waals surface area contributed by atoms with Gasteiger partial charge in [-0.05, 0) is 73.2 Å². The quantitative estimate of drug-likeness (QED) is 0.562. The molecule has 2 N–H and O–H groups in total. The van der Waals surface area contributed by atoms with Crippen LogP contribution in [0.15, 0.2) is 71.0 Å². The van der Waals surface area contributed by atoms with Gasteiger partial charge < -0.3 is 19.8 Å². The summed E-state index contributed by atoms with van der Waals surface area (Å²) < 4.78 is 10.7. The molecule has 164 valence electrons. The molecule has 6 nitrogen and oxygen atoms in total. The van der Waals surface area contributed by atoms with Gasteiger partial charge in [0, 0.05) is 11.6 Å². The number of benzene rings is 2. The van der Waals surface area contributed by atoms with E-state index in [1.807, 2.05) is 37.3 Å². The fourth-order valence-electron chi connectivity index (χ4n) is 3.99. The maximum absolute atomic E-state index is 13.3. The lowest BCUT2D eigenvalue weighted by atomic mass is 9.87. The zero-order chi connectivity index (χ0) is 22.5. The number of fused-ring (bicyclic) bond motifs is 1. The van der Waals surface area contributed by atoms with Crippen LogP contribution in [-0.2, 0) is 11.2 Å². The number of rotatable bonds is 6. The maximum atomic E-state index is 13.3. The second-order valence-corrected chi connectivity index (χ2v) is 7.83. The van der Waals surface area contributed by atoms with Crippen molar-refractivity contribution in [2.45, 2.75) is 32.2 Å². The van der Waals surface area contributed by atoms with E-state index in [4.69, 9.17) is 9.15 Å². The van der Waals surface area contributed by atoms with Gasteiger partial charge in [0.1, 0.15) is 17.2 Å². The van der Waals surface area contributed by atoms with Crippen LogP contribution in [0.3, 0.4) is 0 Å². The molecular weight excluding hydrogens is 404 g/mol.